The van der Waals surface area contributed by atoms with E-state index in [9.17, 15) is 0 Å². The van der Waals surface area contributed by atoms with Crippen LogP contribution in [0, 0.1) is 6.92 Å². The molecule has 2 N–H and O–H groups in total. The van der Waals surface area contributed by atoms with Crippen molar-refractivity contribution in [2.75, 3.05) is 13.2 Å². The van der Waals surface area contributed by atoms with Crippen LogP contribution in [0.1, 0.15) is 49.2 Å². The minimum absolute atomic E-state index is 0.00975. The van der Waals surface area contributed by atoms with Crippen LogP contribution >= 0.6 is 11.3 Å². The first kappa shape index (κ1) is 15.0. The Labute approximate surface area is 120 Å². The minimum Gasteiger partial charge on any atom is -0.376 e. The van der Waals surface area contributed by atoms with Crippen LogP contribution in [-0.2, 0) is 9.47 Å². The minimum atomic E-state index is 0.00975. The van der Waals surface area contributed by atoms with Gasteiger partial charge in [0.25, 0.3) is 0 Å². The third-order valence-electron chi connectivity index (χ3n) is 3.76. The van der Waals surface area contributed by atoms with E-state index in [2.05, 4.69) is 25.3 Å². The van der Waals surface area contributed by atoms with E-state index in [4.69, 9.17) is 15.2 Å². The van der Waals surface area contributed by atoms with E-state index in [1.165, 1.54) is 23.3 Å². The van der Waals surface area contributed by atoms with Crippen molar-refractivity contribution in [1.82, 2.24) is 0 Å². The van der Waals surface area contributed by atoms with Crippen molar-refractivity contribution in [1.29, 1.82) is 0 Å². The molecule has 19 heavy (non-hydrogen) atoms. The number of hydrogen-bond donors (Lipinski definition) is 1. The number of ether oxygens (including phenoxy) is 2. The molecule has 0 aromatic carbocycles. The third-order valence-corrected chi connectivity index (χ3v) is 4.84. The summed E-state index contributed by atoms with van der Waals surface area (Å²) < 4.78 is 11.8. The maximum absolute atomic E-state index is 6.23. The van der Waals surface area contributed by atoms with E-state index < -0.39 is 0 Å². The third kappa shape index (κ3) is 4.02. The summed E-state index contributed by atoms with van der Waals surface area (Å²) in [6, 6.07) is 2.19. The van der Waals surface area contributed by atoms with Gasteiger partial charge in [0.1, 0.15) is 6.10 Å². The van der Waals surface area contributed by atoms with Gasteiger partial charge in [0.2, 0.25) is 0 Å². The van der Waals surface area contributed by atoms with Gasteiger partial charge in [-0.1, -0.05) is 6.92 Å². The molecular weight excluding hydrogens is 258 g/mol. The Kier molecular flexibility index (Phi) is 5.82. The van der Waals surface area contributed by atoms with Gasteiger partial charge in [-0.15, -0.1) is 11.3 Å². The first-order chi connectivity index (χ1) is 9.22. The molecule has 2 heterocycles. The maximum Gasteiger partial charge on any atom is 0.107 e. The van der Waals surface area contributed by atoms with Gasteiger partial charge >= 0.3 is 0 Å². The van der Waals surface area contributed by atoms with E-state index >= 15 is 0 Å². The van der Waals surface area contributed by atoms with Crippen LogP contribution in [-0.4, -0.2) is 25.4 Å². The van der Waals surface area contributed by atoms with Crippen molar-refractivity contribution < 1.29 is 9.47 Å². The molecule has 4 heteroatoms. The fraction of sp³-hybridized carbons (Fsp3) is 0.733. The fourth-order valence-corrected chi connectivity index (χ4v) is 3.48. The van der Waals surface area contributed by atoms with E-state index in [1.54, 1.807) is 11.3 Å². The predicted molar refractivity (Wildman–Crippen MR) is 79.6 cm³/mol. The summed E-state index contributed by atoms with van der Waals surface area (Å²) in [5.41, 5.74) is 7.51. The zero-order valence-corrected chi connectivity index (χ0v) is 12.7. The van der Waals surface area contributed by atoms with Gasteiger partial charge in [0, 0.05) is 17.5 Å². The van der Waals surface area contributed by atoms with Crippen molar-refractivity contribution in [3.63, 3.8) is 0 Å². The van der Waals surface area contributed by atoms with E-state index in [0.29, 0.717) is 6.61 Å². The summed E-state index contributed by atoms with van der Waals surface area (Å²) in [5, 5.41) is 2.11. The van der Waals surface area contributed by atoms with Crippen molar-refractivity contribution >= 4 is 11.3 Å². The highest BCUT2D eigenvalue weighted by Crippen LogP contribution is 2.30. The van der Waals surface area contributed by atoms with Crippen LogP contribution < -0.4 is 5.73 Å². The van der Waals surface area contributed by atoms with Gasteiger partial charge in [-0.25, -0.2) is 0 Å². The molecule has 0 spiro atoms. The van der Waals surface area contributed by atoms with E-state index in [-0.39, 0.29) is 18.2 Å². The number of aryl methyl sites for hydroxylation is 1. The van der Waals surface area contributed by atoms with Crippen molar-refractivity contribution in [2.45, 2.75) is 57.8 Å². The molecule has 1 aromatic heterocycles. The molecule has 108 valence electrons. The largest absolute Gasteiger partial charge is 0.376 e. The summed E-state index contributed by atoms with van der Waals surface area (Å²) in [4.78, 5) is 1.27. The zero-order chi connectivity index (χ0) is 13.7. The molecule has 0 amide bonds. The molecule has 1 aromatic rings. The van der Waals surface area contributed by atoms with Gasteiger partial charge in [-0.3, -0.25) is 0 Å². The normalized spacial score (nSPS) is 23.2. The molecule has 3 atom stereocenters. The lowest BCUT2D eigenvalue weighted by molar-refractivity contribution is -0.0687. The summed E-state index contributed by atoms with van der Waals surface area (Å²) in [5.74, 6) is 0. The Morgan fingerprint density at radius 2 is 2.37 bits per heavy atom. The highest BCUT2D eigenvalue weighted by molar-refractivity contribution is 7.10. The molecule has 1 aliphatic rings. The smallest absolute Gasteiger partial charge is 0.107 e. The second kappa shape index (κ2) is 7.39. The van der Waals surface area contributed by atoms with Crippen molar-refractivity contribution in [2.24, 2.45) is 5.73 Å². The second-order valence-corrected chi connectivity index (χ2v) is 6.23. The van der Waals surface area contributed by atoms with Crippen LogP contribution in [0.5, 0.6) is 0 Å². The average Bonchev–Trinajstić information content (AvgIpc) is 2.86. The highest BCUT2D eigenvalue weighted by Gasteiger charge is 2.24. The van der Waals surface area contributed by atoms with Crippen LogP contribution in [0.15, 0.2) is 11.4 Å². The Morgan fingerprint density at radius 3 is 2.95 bits per heavy atom. The molecular formula is C15H25NO2S. The lowest BCUT2D eigenvalue weighted by Gasteiger charge is -2.28. The van der Waals surface area contributed by atoms with Crippen LogP contribution in [0.3, 0.4) is 0 Å². The summed E-state index contributed by atoms with van der Waals surface area (Å²) in [7, 11) is 0. The van der Waals surface area contributed by atoms with Gasteiger partial charge in [-0.2, -0.15) is 0 Å². The van der Waals surface area contributed by atoms with Gasteiger partial charge < -0.3 is 15.2 Å². The Bertz CT molecular complexity index is 374. The summed E-state index contributed by atoms with van der Waals surface area (Å²) in [6.45, 7) is 5.77. The van der Waals surface area contributed by atoms with Crippen molar-refractivity contribution in [3.8, 4) is 0 Å². The van der Waals surface area contributed by atoms with Gasteiger partial charge in [0.05, 0.1) is 12.7 Å². The summed E-state index contributed by atoms with van der Waals surface area (Å²) in [6.07, 6.45) is 4.72. The summed E-state index contributed by atoms with van der Waals surface area (Å²) >= 11 is 1.74. The Morgan fingerprint density at radius 1 is 1.53 bits per heavy atom. The van der Waals surface area contributed by atoms with E-state index in [1.807, 2.05) is 0 Å². The van der Waals surface area contributed by atoms with Crippen LogP contribution in [0.25, 0.3) is 0 Å². The molecule has 3 nitrogen and oxygen atoms in total. The lowest BCUT2D eigenvalue weighted by atomic mass is 10.0. The topological polar surface area (TPSA) is 44.5 Å². The SMILES string of the molecule is CCC(N)C(OCC1CCCCO1)c1sccc1C. The standard InChI is InChI=1S/C15H25NO2S/c1-3-13(16)14(15-11(2)7-9-19-15)18-10-12-6-4-5-8-17-12/h7,9,12-14H,3-6,8,10,16H2,1-2H3. The first-order valence-electron chi connectivity index (χ1n) is 7.25. The highest BCUT2D eigenvalue weighted by atomic mass is 32.1. The first-order valence-corrected chi connectivity index (χ1v) is 8.13. The monoisotopic (exact) mass is 283 g/mol. The Balaban J connectivity index is 1.96. The molecule has 1 fully saturated rings. The molecule has 0 aliphatic carbocycles. The quantitative estimate of drug-likeness (QED) is 0.870. The molecule has 1 aliphatic heterocycles. The van der Waals surface area contributed by atoms with Gasteiger partial charge in [-0.05, 0) is 49.6 Å². The lowest BCUT2D eigenvalue weighted by Crippen LogP contribution is -2.33. The van der Waals surface area contributed by atoms with Gasteiger partial charge in [0.15, 0.2) is 0 Å². The molecule has 0 bridgehead atoms. The Hall–Kier alpha value is -0.420. The molecule has 1 saturated heterocycles. The molecule has 2 rings (SSSR count). The average molecular weight is 283 g/mol. The molecule has 0 radical (unpaired) electrons. The predicted octanol–water partition coefficient (Wildman–Crippen LogP) is 3.42. The zero-order valence-electron chi connectivity index (χ0n) is 11.9. The van der Waals surface area contributed by atoms with Crippen molar-refractivity contribution in [3.05, 3.63) is 21.9 Å². The van der Waals surface area contributed by atoms with Crippen LogP contribution in [0.2, 0.25) is 0 Å². The van der Waals surface area contributed by atoms with E-state index in [0.717, 1.165) is 19.4 Å². The van der Waals surface area contributed by atoms with Crippen LogP contribution in [0.4, 0.5) is 0 Å². The molecule has 0 saturated carbocycles. The number of hydrogen-bond acceptors (Lipinski definition) is 4. The number of thiophene rings is 1. The second-order valence-electron chi connectivity index (χ2n) is 5.28. The fourth-order valence-electron chi connectivity index (χ4n) is 2.43. The molecule has 3 unspecified atom stereocenters. The number of nitrogens with two attached hydrogens (primary N) is 1. The maximum atomic E-state index is 6.23. The number of rotatable bonds is 6.